The molecule has 4 heteroatoms. The molecule has 1 aliphatic heterocycles. The Labute approximate surface area is 121 Å². The number of benzene rings is 1. The van der Waals surface area contributed by atoms with E-state index in [4.69, 9.17) is 9.47 Å². The van der Waals surface area contributed by atoms with Gasteiger partial charge in [-0.15, -0.1) is 0 Å². The topological polar surface area (TPSA) is 50.7 Å². The first-order valence-electron chi connectivity index (χ1n) is 7.31. The predicted octanol–water partition coefficient (Wildman–Crippen LogP) is 1.67. The molecule has 20 heavy (non-hydrogen) atoms. The van der Waals surface area contributed by atoms with E-state index in [0.717, 1.165) is 37.5 Å². The van der Waals surface area contributed by atoms with Gasteiger partial charge in [-0.3, -0.25) is 0 Å². The van der Waals surface area contributed by atoms with Gasteiger partial charge in [0.2, 0.25) is 0 Å². The van der Waals surface area contributed by atoms with Crippen molar-refractivity contribution in [2.24, 2.45) is 5.92 Å². The third kappa shape index (κ3) is 4.78. The third-order valence-electron chi connectivity index (χ3n) is 3.61. The van der Waals surface area contributed by atoms with Crippen LogP contribution in [0.3, 0.4) is 0 Å². The van der Waals surface area contributed by atoms with Crippen LogP contribution in [0.4, 0.5) is 0 Å². The van der Waals surface area contributed by atoms with E-state index in [1.165, 1.54) is 5.56 Å². The number of aryl methyl sites for hydroxylation is 2. The number of ether oxygens (including phenoxy) is 2. The van der Waals surface area contributed by atoms with Crippen LogP contribution in [0.1, 0.15) is 17.5 Å². The lowest BCUT2D eigenvalue weighted by Crippen LogP contribution is -2.34. The second-order valence-electron chi connectivity index (χ2n) is 5.62. The zero-order chi connectivity index (χ0) is 14.4. The maximum absolute atomic E-state index is 9.93. The van der Waals surface area contributed by atoms with E-state index in [9.17, 15) is 5.11 Å². The summed E-state index contributed by atoms with van der Waals surface area (Å²) >= 11 is 0. The lowest BCUT2D eigenvalue weighted by Gasteiger charge is -2.16. The molecule has 4 nitrogen and oxygen atoms in total. The lowest BCUT2D eigenvalue weighted by molar-refractivity contribution is 0.104. The van der Waals surface area contributed by atoms with Gasteiger partial charge >= 0.3 is 0 Å². The molecule has 2 N–H and O–H groups in total. The summed E-state index contributed by atoms with van der Waals surface area (Å²) < 4.78 is 11.0. The lowest BCUT2D eigenvalue weighted by atomic mass is 10.1. The Morgan fingerprint density at radius 3 is 3.05 bits per heavy atom. The Balaban J connectivity index is 1.66. The molecule has 1 aromatic carbocycles. The number of nitrogens with one attached hydrogen (secondary N) is 1. The second-order valence-corrected chi connectivity index (χ2v) is 5.62. The van der Waals surface area contributed by atoms with E-state index < -0.39 is 6.10 Å². The Bertz CT molecular complexity index is 416. The van der Waals surface area contributed by atoms with Crippen LogP contribution in [-0.4, -0.2) is 44.1 Å². The smallest absolute Gasteiger partial charge is 0.122 e. The Hall–Kier alpha value is -1.10. The van der Waals surface area contributed by atoms with Crippen molar-refractivity contribution in [3.8, 4) is 5.75 Å². The molecule has 1 fully saturated rings. The normalized spacial score (nSPS) is 20.1. The number of hydrogen-bond donors (Lipinski definition) is 2. The summed E-state index contributed by atoms with van der Waals surface area (Å²) in [5, 5.41) is 13.2. The van der Waals surface area contributed by atoms with Crippen molar-refractivity contribution in [1.82, 2.24) is 5.32 Å². The highest BCUT2D eigenvalue weighted by Gasteiger charge is 2.15. The van der Waals surface area contributed by atoms with Gasteiger partial charge in [0, 0.05) is 19.7 Å². The van der Waals surface area contributed by atoms with E-state index in [0.29, 0.717) is 19.1 Å². The van der Waals surface area contributed by atoms with E-state index in [-0.39, 0.29) is 0 Å². The monoisotopic (exact) mass is 279 g/mol. The fourth-order valence-corrected chi connectivity index (χ4v) is 2.31. The summed E-state index contributed by atoms with van der Waals surface area (Å²) in [6.45, 7) is 7.53. The molecule has 2 unspecified atom stereocenters. The summed E-state index contributed by atoms with van der Waals surface area (Å²) in [7, 11) is 0. The molecule has 2 atom stereocenters. The van der Waals surface area contributed by atoms with Crippen molar-refractivity contribution in [3.63, 3.8) is 0 Å². The fourth-order valence-electron chi connectivity index (χ4n) is 2.31. The molecule has 0 amide bonds. The molecule has 0 bridgehead atoms. The molecule has 112 valence electrons. The predicted molar refractivity (Wildman–Crippen MR) is 79.2 cm³/mol. The fraction of sp³-hybridized carbons (Fsp3) is 0.625. The molecule has 0 radical (unpaired) electrons. The molecule has 1 heterocycles. The highest BCUT2D eigenvalue weighted by molar-refractivity contribution is 5.35. The molecule has 0 saturated carbocycles. The highest BCUT2D eigenvalue weighted by atomic mass is 16.5. The largest absolute Gasteiger partial charge is 0.491 e. The van der Waals surface area contributed by atoms with E-state index in [2.05, 4.69) is 11.4 Å². The molecule has 0 aliphatic carbocycles. The molecule has 0 aromatic heterocycles. The first-order valence-corrected chi connectivity index (χ1v) is 7.31. The number of hydrogen-bond acceptors (Lipinski definition) is 4. The standard InChI is InChI=1S/C16H25NO3/c1-12-3-4-13(2)16(7-12)20-11-15(18)9-17-8-14-5-6-19-10-14/h3-4,7,14-15,17-18H,5-6,8-11H2,1-2H3. The third-order valence-corrected chi connectivity index (χ3v) is 3.61. The van der Waals surface area contributed by atoms with Crippen molar-refractivity contribution in [2.45, 2.75) is 26.4 Å². The van der Waals surface area contributed by atoms with Crippen LogP contribution in [0.25, 0.3) is 0 Å². The van der Waals surface area contributed by atoms with Crippen LogP contribution < -0.4 is 10.1 Å². The van der Waals surface area contributed by atoms with Gasteiger partial charge in [0.25, 0.3) is 0 Å². The first-order chi connectivity index (χ1) is 9.65. The SMILES string of the molecule is Cc1ccc(C)c(OCC(O)CNCC2CCOC2)c1. The zero-order valence-electron chi connectivity index (χ0n) is 12.4. The van der Waals surface area contributed by atoms with Crippen molar-refractivity contribution in [3.05, 3.63) is 29.3 Å². The van der Waals surface area contributed by atoms with Gasteiger partial charge in [-0.05, 0) is 43.4 Å². The Kier molecular flexibility index (Phi) is 5.83. The minimum atomic E-state index is -0.489. The van der Waals surface area contributed by atoms with Gasteiger partial charge in [0.1, 0.15) is 18.5 Å². The molecular weight excluding hydrogens is 254 g/mol. The number of rotatable bonds is 7. The van der Waals surface area contributed by atoms with Crippen LogP contribution in [-0.2, 0) is 4.74 Å². The van der Waals surface area contributed by atoms with Gasteiger partial charge in [0.15, 0.2) is 0 Å². The van der Waals surface area contributed by atoms with Gasteiger partial charge in [0.05, 0.1) is 6.61 Å². The molecule has 1 aliphatic rings. The molecule has 1 aromatic rings. The van der Waals surface area contributed by atoms with Crippen molar-refractivity contribution in [1.29, 1.82) is 0 Å². The second kappa shape index (κ2) is 7.62. The van der Waals surface area contributed by atoms with Gasteiger partial charge in [-0.1, -0.05) is 12.1 Å². The quantitative estimate of drug-likeness (QED) is 0.797. The Morgan fingerprint density at radius 1 is 1.45 bits per heavy atom. The highest BCUT2D eigenvalue weighted by Crippen LogP contribution is 2.19. The first kappa shape index (κ1) is 15.3. The minimum absolute atomic E-state index is 0.318. The molecule has 1 saturated heterocycles. The Morgan fingerprint density at radius 2 is 2.30 bits per heavy atom. The maximum atomic E-state index is 9.93. The van der Waals surface area contributed by atoms with Crippen LogP contribution in [0.15, 0.2) is 18.2 Å². The summed E-state index contributed by atoms with van der Waals surface area (Å²) in [4.78, 5) is 0. The average Bonchev–Trinajstić information content (AvgIpc) is 2.93. The van der Waals surface area contributed by atoms with Gasteiger partial charge in [-0.25, -0.2) is 0 Å². The molecular formula is C16H25NO3. The van der Waals surface area contributed by atoms with Crippen LogP contribution in [0.5, 0.6) is 5.75 Å². The summed E-state index contributed by atoms with van der Waals surface area (Å²) in [5.74, 6) is 1.44. The molecule has 2 rings (SSSR count). The number of aliphatic hydroxyl groups is 1. The van der Waals surface area contributed by atoms with E-state index in [1.807, 2.05) is 26.0 Å². The van der Waals surface area contributed by atoms with Crippen molar-refractivity contribution >= 4 is 0 Å². The van der Waals surface area contributed by atoms with Crippen LogP contribution >= 0.6 is 0 Å². The molecule has 0 spiro atoms. The van der Waals surface area contributed by atoms with Crippen LogP contribution in [0, 0.1) is 19.8 Å². The zero-order valence-corrected chi connectivity index (χ0v) is 12.4. The van der Waals surface area contributed by atoms with Crippen molar-refractivity contribution < 1.29 is 14.6 Å². The van der Waals surface area contributed by atoms with E-state index >= 15 is 0 Å². The van der Waals surface area contributed by atoms with E-state index in [1.54, 1.807) is 0 Å². The van der Waals surface area contributed by atoms with Crippen molar-refractivity contribution in [2.75, 3.05) is 32.9 Å². The average molecular weight is 279 g/mol. The number of aliphatic hydroxyl groups excluding tert-OH is 1. The summed E-state index contributed by atoms with van der Waals surface area (Å²) in [6.07, 6.45) is 0.625. The summed E-state index contributed by atoms with van der Waals surface area (Å²) in [5.41, 5.74) is 2.26. The van der Waals surface area contributed by atoms with Gasteiger partial charge < -0.3 is 19.9 Å². The van der Waals surface area contributed by atoms with Crippen LogP contribution in [0.2, 0.25) is 0 Å². The maximum Gasteiger partial charge on any atom is 0.122 e. The van der Waals surface area contributed by atoms with Gasteiger partial charge in [-0.2, -0.15) is 0 Å². The minimum Gasteiger partial charge on any atom is -0.491 e. The summed E-state index contributed by atoms with van der Waals surface area (Å²) in [6, 6.07) is 6.10.